The van der Waals surface area contributed by atoms with E-state index >= 15 is 0 Å². The lowest BCUT2D eigenvalue weighted by Gasteiger charge is -2.32. The van der Waals surface area contributed by atoms with Crippen LogP contribution < -0.4 is 0 Å². The number of ether oxygens (including phenoxy) is 2. The van der Waals surface area contributed by atoms with E-state index in [-0.39, 0.29) is 18.1 Å². The Bertz CT molecular complexity index is 459. The van der Waals surface area contributed by atoms with Crippen molar-refractivity contribution in [1.29, 1.82) is 0 Å². The molecule has 1 aromatic rings. The standard InChI is InChI=1S/C16H25NO4/c1-12(9-11-19-6)14(13-8-7-10-20-13)17(5)15(18)21-16(2,3)4/h7-12,14H,1-6H3/t12-,14-/m0/s1. The average molecular weight is 295 g/mol. The van der Waals surface area contributed by atoms with Crippen LogP contribution in [-0.2, 0) is 9.47 Å². The Morgan fingerprint density at radius 1 is 1.43 bits per heavy atom. The maximum absolute atomic E-state index is 12.3. The van der Waals surface area contributed by atoms with E-state index in [0.29, 0.717) is 5.76 Å². The molecule has 0 fully saturated rings. The Labute approximate surface area is 126 Å². The second-order valence-corrected chi connectivity index (χ2v) is 5.97. The molecule has 21 heavy (non-hydrogen) atoms. The van der Waals surface area contributed by atoms with Crippen molar-refractivity contribution < 1.29 is 18.7 Å². The van der Waals surface area contributed by atoms with E-state index < -0.39 is 5.60 Å². The maximum atomic E-state index is 12.3. The van der Waals surface area contributed by atoms with Gasteiger partial charge in [-0.05, 0) is 39.0 Å². The molecule has 1 heterocycles. The fourth-order valence-corrected chi connectivity index (χ4v) is 2.02. The summed E-state index contributed by atoms with van der Waals surface area (Å²) in [4.78, 5) is 13.8. The summed E-state index contributed by atoms with van der Waals surface area (Å²) in [6.07, 6.45) is 4.69. The molecule has 2 atom stereocenters. The molecule has 1 amide bonds. The molecule has 0 radical (unpaired) electrons. The van der Waals surface area contributed by atoms with E-state index in [4.69, 9.17) is 13.9 Å². The van der Waals surface area contributed by atoms with E-state index in [2.05, 4.69) is 0 Å². The first-order chi connectivity index (χ1) is 9.76. The normalized spacial score (nSPS) is 14.8. The Morgan fingerprint density at radius 2 is 2.10 bits per heavy atom. The van der Waals surface area contributed by atoms with E-state index in [1.807, 2.05) is 39.8 Å². The molecule has 0 bridgehead atoms. The quantitative estimate of drug-likeness (QED) is 0.771. The van der Waals surface area contributed by atoms with Crippen LogP contribution in [0.2, 0.25) is 0 Å². The Balaban J connectivity index is 2.96. The van der Waals surface area contributed by atoms with Gasteiger partial charge in [0.2, 0.25) is 0 Å². The van der Waals surface area contributed by atoms with Crippen LogP contribution in [0.4, 0.5) is 4.79 Å². The first-order valence-electron chi connectivity index (χ1n) is 6.95. The second-order valence-electron chi connectivity index (χ2n) is 5.97. The molecule has 5 nitrogen and oxygen atoms in total. The van der Waals surface area contributed by atoms with Gasteiger partial charge in [0.15, 0.2) is 0 Å². The van der Waals surface area contributed by atoms with Gasteiger partial charge >= 0.3 is 6.09 Å². The summed E-state index contributed by atoms with van der Waals surface area (Å²) in [5.41, 5.74) is -0.537. The molecule has 0 spiro atoms. The molecule has 118 valence electrons. The van der Waals surface area contributed by atoms with Crippen LogP contribution in [0.25, 0.3) is 0 Å². The molecule has 0 aromatic carbocycles. The summed E-state index contributed by atoms with van der Waals surface area (Å²) in [5.74, 6) is 0.713. The fraction of sp³-hybridized carbons (Fsp3) is 0.562. The highest BCUT2D eigenvalue weighted by molar-refractivity contribution is 5.68. The highest BCUT2D eigenvalue weighted by atomic mass is 16.6. The molecule has 0 aliphatic carbocycles. The number of furan rings is 1. The average Bonchev–Trinajstić information content (AvgIpc) is 2.88. The van der Waals surface area contributed by atoms with Crippen LogP contribution in [-0.4, -0.2) is 30.8 Å². The van der Waals surface area contributed by atoms with E-state index in [9.17, 15) is 4.79 Å². The van der Waals surface area contributed by atoms with Gasteiger partial charge in [-0.3, -0.25) is 0 Å². The summed E-state index contributed by atoms with van der Waals surface area (Å²) in [6.45, 7) is 7.52. The van der Waals surface area contributed by atoms with E-state index in [1.54, 1.807) is 37.6 Å². The van der Waals surface area contributed by atoms with Gasteiger partial charge < -0.3 is 18.8 Å². The lowest BCUT2D eigenvalue weighted by Crippen LogP contribution is -2.38. The summed E-state index contributed by atoms with van der Waals surface area (Å²) < 4.78 is 15.9. The predicted octanol–water partition coefficient (Wildman–Crippen LogP) is 3.98. The molecule has 0 unspecified atom stereocenters. The van der Waals surface area contributed by atoms with Crippen LogP contribution in [0.3, 0.4) is 0 Å². The largest absolute Gasteiger partial charge is 0.505 e. The van der Waals surface area contributed by atoms with Gasteiger partial charge in [-0.1, -0.05) is 6.92 Å². The monoisotopic (exact) mass is 295 g/mol. The Hall–Kier alpha value is -1.91. The van der Waals surface area contributed by atoms with Crippen molar-refractivity contribution in [2.45, 2.75) is 39.3 Å². The SMILES string of the molecule is COC=C[C@H](C)[C@@H](c1ccco1)N(C)C(=O)OC(C)(C)C. The minimum absolute atomic E-state index is 0.00798. The van der Waals surface area contributed by atoms with E-state index in [0.717, 1.165) is 0 Å². The molecule has 1 rings (SSSR count). The lowest BCUT2D eigenvalue weighted by atomic mass is 9.98. The minimum atomic E-state index is -0.537. The fourth-order valence-electron chi connectivity index (χ4n) is 2.02. The molecule has 0 saturated heterocycles. The van der Waals surface area contributed by atoms with Crippen LogP contribution in [0, 0.1) is 5.92 Å². The van der Waals surface area contributed by atoms with Gasteiger partial charge in [0.25, 0.3) is 0 Å². The third-order valence-corrected chi connectivity index (χ3v) is 2.95. The molecule has 0 N–H and O–H groups in total. The third-order valence-electron chi connectivity index (χ3n) is 2.95. The third kappa shape index (κ3) is 5.17. The van der Waals surface area contributed by atoms with Gasteiger partial charge in [-0.25, -0.2) is 4.79 Å². The van der Waals surface area contributed by atoms with Gasteiger partial charge in [-0.2, -0.15) is 0 Å². The summed E-state index contributed by atoms with van der Waals surface area (Å²) in [6, 6.07) is 3.39. The zero-order chi connectivity index (χ0) is 16.0. The molecular formula is C16H25NO4. The molecule has 5 heteroatoms. The number of hydrogen-bond acceptors (Lipinski definition) is 4. The summed E-state index contributed by atoms with van der Waals surface area (Å²) >= 11 is 0. The first kappa shape index (κ1) is 17.1. The molecule has 0 aliphatic rings. The van der Waals surface area contributed by atoms with Crippen molar-refractivity contribution in [2.24, 2.45) is 5.92 Å². The number of carbonyl (C=O) groups is 1. The van der Waals surface area contributed by atoms with Crippen molar-refractivity contribution in [3.8, 4) is 0 Å². The highest BCUT2D eigenvalue weighted by Gasteiger charge is 2.31. The second kappa shape index (κ2) is 7.20. The van der Waals surface area contributed by atoms with Crippen molar-refractivity contribution in [3.63, 3.8) is 0 Å². The maximum Gasteiger partial charge on any atom is 0.410 e. The lowest BCUT2D eigenvalue weighted by molar-refractivity contribution is 0.0163. The van der Waals surface area contributed by atoms with E-state index in [1.165, 1.54) is 0 Å². The smallest absolute Gasteiger partial charge is 0.410 e. The predicted molar refractivity (Wildman–Crippen MR) is 80.8 cm³/mol. The Kier molecular flexibility index (Phi) is 5.88. The van der Waals surface area contributed by atoms with Crippen molar-refractivity contribution in [3.05, 3.63) is 36.5 Å². The number of hydrogen-bond donors (Lipinski definition) is 0. The first-order valence-corrected chi connectivity index (χ1v) is 6.95. The zero-order valence-electron chi connectivity index (χ0n) is 13.6. The Morgan fingerprint density at radius 3 is 2.57 bits per heavy atom. The van der Waals surface area contributed by atoms with Crippen LogP contribution in [0.15, 0.2) is 35.2 Å². The molecule has 1 aromatic heterocycles. The molecular weight excluding hydrogens is 270 g/mol. The van der Waals surface area contributed by atoms with Crippen LogP contribution >= 0.6 is 0 Å². The number of carbonyl (C=O) groups excluding carboxylic acids is 1. The van der Waals surface area contributed by atoms with Crippen molar-refractivity contribution in [1.82, 2.24) is 4.90 Å². The van der Waals surface area contributed by atoms with Crippen molar-refractivity contribution in [2.75, 3.05) is 14.2 Å². The van der Waals surface area contributed by atoms with Gasteiger partial charge in [0.05, 0.1) is 25.7 Å². The van der Waals surface area contributed by atoms with Gasteiger partial charge in [-0.15, -0.1) is 0 Å². The number of nitrogens with zero attached hydrogens (tertiary/aromatic N) is 1. The summed E-state index contributed by atoms with van der Waals surface area (Å²) in [5, 5.41) is 0. The van der Waals surface area contributed by atoms with Crippen LogP contribution in [0.5, 0.6) is 0 Å². The zero-order valence-corrected chi connectivity index (χ0v) is 13.6. The molecule has 0 aliphatic heterocycles. The number of rotatable bonds is 5. The van der Waals surface area contributed by atoms with Gasteiger partial charge in [0, 0.05) is 13.0 Å². The summed E-state index contributed by atoms with van der Waals surface area (Å²) in [7, 11) is 3.29. The van der Waals surface area contributed by atoms with Crippen molar-refractivity contribution >= 4 is 6.09 Å². The minimum Gasteiger partial charge on any atom is -0.505 e. The van der Waals surface area contributed by atoms with Crippen LogP contribution in [0.1, 0.15) is 39.5 Å². The number of methoxy groups -OCH3 is 1. The topological polar surface area (TPSA) is 51.9 Å². The molecule has 0 saturated carbocycles. The van der Waals surface area contributed by atoms with Gasteiger partial charge in [0.1, 0.15) is 11.4 Å². The number of amides is 1. The highest BCUT2D eigenvalue weighted by Crippen LogP contribution is 2.30.